The van der Waals surface area contributed by atoms with E-state index in [0.29, 0.717) is 11.3 Å². The van der Waals surface area contributed by atoms with Gasteiger partial charge in [-0.05, 0) is 41.1 Å². The number of rotatable bonds is 2. The third kappa shape index (κ3) is 3.34. The molecule has 1 aromatic rings. The lowest BCUT2D eigenvalue weighted by Crippen LogP contribution is -2.15. The van der Waals surface area contributed by atoms with Crippen LogP contribution in [0, 0.1) is 10.5 Å². The van der Waals surface area contributed by atoms with Crippen LogP contribution in [0.1, 0.15) is 11.3 Å². The van der Waals surface area contributed by atoms with Crippen molar-refractivity contribution in [3.8, 4) is 0 Å². The molecule has 2 N–H and O–H groups in total. The largest absolute Gasteiger partial charge is 0.240 e. The van der Waals surface area contributed by atoms with Crippen molar-refractivity contribution in [2.24, 2.45) is 5.14 Å². The van der Waals surface area contributed by atoms with Crippen molar-refractivity contribution in [1.29, 1.82) is 0 Å². The van der Waals surface area contributed by atoms with Gasteiger partial charge in [-0.25, -0.2) is 18.5 Å². The summed E-state index contributed by atoms with van der Waals surface area (Å²) in [4.78, 5) is 3.99. The Morgan fingerprint density at radius 3 is 2.71 bits per heavy atom. The molecular weight excluding hydrogens is 339 g/mol. The summed E-state index contributed by atoms with van der Waals surface area (Å²) in [6.45, 7) is 1.76. The minimum Gasteiger partial charge on any atom is -0.240 e. The Bertz CT molecular complexity index is 461. The molecule has 0 aliphatic heterocycles. The van der Waals surface area contributed by atoms with Gasteiger partial charge in [0.1, 0.15) is 5.15 Å². The lowest BCUT2D eigenvalue weighted by molar-refractivity contribution is 0.597. The van der Waals surface area contributed by atoms with E-state index in [2.05, 4.69) is 4.98 Å². The molecule has 0 aliphatic rings. The van der Waals surface area contributed by atoms with Gasteiger partial charge in [0.2, 0.25) is 10.0 Å². The SMILES string of the molecule is Cc1nc(Cl)cc(CS(N)(=O)=O)c1I. The van der Waals surface area contributed by atoms with Crippen molar-refractivity contribution < 1.29 is 8.42 Å². The summed E-state index contributed by atoms with van der Waals surface area (Å²) < 4.78 is 22.6. The van der Waals surface area contributed by atoms with Gasteiger partial charge in [0.15, 0.2) is 0 Å². The van der Waals surface area contributed by atoms with E-state index in [0.717, 1.165) is 3.57 Å². The number of nitrogens with two attached hydrogens (primary N) is 1. The van der Waals surface area contributed by atoms with E-state index in [1.54, 1.807) is 6.92 Å². The lowest BCUT2D eigenvalue weighted by atomic mass is 10.2. The van der Waals surface area contributed by atoms with E-state index in [-0.39, 0.29) is 10.9 Å². The highest BCUT2D eigenvalue weighted by molar-refractivity contribution is 14.1. The second-order valence-electron chi connectivity index (χ2n) is 2.81. The summed E-state index contributed by atoms with van der Waals surface area (Å²) in [6, 6.07) is 1.51. The van der Waals surface area contributed by atoms with Gasteiger partial charge in [-0.2, -0.15) is 0 Å². The molecule has 14 heavy (non-hydrogen) atoms. The zero-order chi connectivity index (χ0) is 10.9. The zero-order valence-electron chi connectivity index (χ0n) is 7.29. The van der Waals surface area contributed by atoms with Crippen LogP contribution in [0.15, 0.2) is 6.07 Å². The van der Waals surface area contributed by atoms with Crippen molar-refractivity contribution in [1.82, 2.24) is 4.98 Å². The number of pyridine rings is 1. The highest BCUT2D eigenvalue weighted by atomic mass is 127. The first-order chi connectivity index (χ1) is 6.29. The third-order valence-electron chi connectivity index (χ3n) is 1.52. The van der Waals surface area contributed by atoms with Crippen LogP contribution in [0.4, 0.5) is 0 Å². The number of hydrogen-bond acceptors (Lipinski definition) is 3. The fourth-order valence-corrected chi connectivity index (χ4v) is 2.65. The van der Waals surface area contributed by atoms with Gasteiger partial charge in [0.25, 0.3) is 0 Å². The molecule has 0 radical (unpaired) electrons. The average Bonchev–Trinajstić information content (AvgIpc) is 1.96. The summed E-state index contributed by atoms with van der Waals surface area (Å²) in [5, 5.41) is 5.22. The number of nitrogens with zero attached hydrogens (tertiary/aromatic N) is 1. The molecule has 7 heteroatoms. The van der Waals surface area contributed by atoms with E-state index < -0.39 is 10.0 Å². The molecular formula is C7H8ClIN2O2S. The van der Waals surface area contributed by atoms with Crippen LogP contribution < -0.4 is 5.14 Å². The summed E-state index contributed by atoms with van der Waals surface area (Å²) in [6.07, 6.45) is 0. The summed E-state index contributed by atoms with van der Waals surface area (Å²) in [5.74, 6) is -0.214. The van der Waals surface area contributed by atoms with Crippen molar-refractivity contribution in [3.05, 3.63) is 26.0 Å². The minimum absolute atomic E-state index is 0.214. The summed E-state index contributed by atoms with van der Waals surface area (Å²) >= 11 is 7.72. The van der Waals surface area contributed by atoms with E-state index in [4.69, 9.17) is 16.7 Å². The second-order valence-corrected chi connectivity index (χ2v) is 5.89. The molecule has 0 amide bonds. The molecule has 1 heterocycles. The molecule has 4 nitrogen and oxygen atoms in total. The fraction of sp³-hybridized carbons (Fsp3) is 0.286. The van der Waals surface area contributed by atoms with Gasteiger partial charge in [0, 0.05) is 3.57 Å². The summed E-state index contributed by atoms with van der Waals surface area (Å²) in [7, 11) is -3.52. The monoisotopic (exact) mass is 346 g/mol. The van der Waals surface area contributed by atoms with Crippen LogP contribution in [0.3, 0.4) is 0 Å². The molecule has 0 aliphatic carbocycles. The molecule has 0 fully saturated rings. The molecule has 0 saturated heterocycles. The van der Waals surface area contributed by atoms with E-state index in [1.165, 1.54) is 6.07 Å². The standard InChI is InChI=1S/C7H8ClIN2O2S/c1-4-7(9)5(2-6(8)11-4)3-14(10,12)13/h2H,3H2,1H3,(H2,10,12,13). The predicted octanol–water partition coefficient (Wildman–Crippen LogP) is 1.44. The number of aryl methyl sites for hydroxylation is 1. The molecule has 78 valence electrons. The smallest absolute Gasteiger partial charge is 0.213 e. The highest BCUT2D eigenvalue weighted by Crippen LogP contribution is 2.20. The van der Waals surface area contributed by atoms with Crippen LogP contribution in [-0.2, 0) is 15.8 Å². The number of primary sulfonamides is 1. The molecule has 0 atom stereocenters. The van der Waals surface area contributed by atoms with Crippen LogP contribution in [-0.4, -0.2) is 13.4 Å². The minimum atomic E-state index is -3.52. The normalized spacial score (nSPS) is 11.7. The topological polar surface area (TPSA) is 73.0 Å². The maximum absolute atomic E-state index is 10.9. The van der Waals surface area contributed by atoms with Crippen molar-refractivity contribution in [2.45, 2.75) is 12.7 Å². The number of aromatic nitrogens is 1. The summed E-state index contributed by atoms with van der Waals surface area (Å²) in [5.41, 5.74) is 1.29. The lowest BCUT2D eigenvalue weighted by Gasteiger charge is -2.05. The molecule has 1 rings (SSSR count). The van der Waals surface area contributed by atoms with E-state index in [1.807, 2.05) is 22.6 Å². The maximum atomic E-state index is 10.9. The average molecular weight is 347 g/mol. The van der Waals surface area contributed by atoms with E-state index in [9.17, 15) is 8.42 Å². The van der Waals surface area contributed by atoms with Crippen LogP contribution in [0.5, 0.6) is 0 Å². The second kappa shape index (κ2) is 4.30. The number of halogens is 2. The fourth-order valence-electron chi connectivity index (χ4n) is 1.00. The quantitative estimate of drug-likeness (QED) is 0.650. The Morgan fingerprint density at radius 2 is 2.21 bits per heavy atom. The molecule has 0 aromatic carbocycles. The Labute approximate surface area is 101 Å². The van der Waals surface area contributed by atoms with Gasteiger partial charge in [-0.3, -0.25) is 0 Å². The zero-order valence-corrected chi connectivity index (χ0v) is 11.0. The number of sulfonamides is 1. The molecule has 1 aromatic heterocycles. The van der Waals surface area contributed by atoms with Crippen LogP contribution in [0.2, 0.25) is 5.15 Å². The first kappa shape index (κ1) is 12.2. The maximum Gasteiger partial charge on any atom is 0.213 e. The molecule has 0 spiro atoms. The van der Waals surface area contributed by atoms with Crippen LogP contribution >= 0.6 is 34.2 Å². The van der Waals surface area contributed by atoms with Crippen molar-refractivity contribution in [3.63, 3.8) is 0 Å². The van der Waals surface area contributed by atoms with Crippen LogP contribution in [0.25, 0.3) is 0 Å². The van der Waals surface area contributed by atoms with Gasteiger partial charge >= 0.3 is 0 Å². The Morgan fingerprint density at radius 1 is 1.64 bits per heavy atom. The predicted molar refractivity (Wildman–Crippen MR) is 63.5 cm³/mol. The van der Waals surface area contributed by atoms with Gasteiger partial charge in [0.05, 0.1) is 11.4 Å². The van der Waals surface area contributed by atoms with Gasteiger partial charge in [-0.15, -0.1) is 0 Å². The molecule has 0 saturated carbocycles. The van der Waals surface area contributed by atoms with Crippen molar-refractivity contribution >= 4 is 44.2 Å². The van der Waals surface area contributed by atoms with Gasteiger partial charge in [-0.1, -0.05) is 11.6 Å². The first-order valence-corrected chi connectivity index (χ1v) is 6.79. The van der Waals surface area contributed by atoms with Crippen molar-refractivity contribution in [2.75, 3.05) is 0 Å². The third-order valence-corrected chi connectivity index (χ3v) is 3.90. The Hall–Kier alpha value is 0.0800. The van der Waals surface area contributed by atoms with Gasteiger partial charge < -0.3 is 0 Å². The highest BCUT2D eigenvalue weighted by Gasteiger charge is 2.11. The number of hydrogen-bond donors (Lipinski definition) is 1. The van der Waals surface area contributed by atoms with E-state index >= 15 is 0 Å². The molecule has 0 unspecified atom stereocenters. The molecule has 0 bridgehead atoms. The Balaban J connectivity index is 3.22. The first-order valence-electron chi connectivity index (χ1n) is 3.61. The Kier molecular flexibility index (Phi) is 3.73.